The highest BCUT2D eigenvalue weighted by atomic mass is 35.5. The number of hydrogen-bond acceptors (Lipinski definition) is 3. The molecule has 4 atom stereocenters. The molecule has 3 heterocycles. The molecule has 218 valence electrons. The van der Waals surface area contributed by atoms with E-state index in [-0.39, 0.29) is 65.8 Å². The summed E-state index contributed by atoms with van der Waals surface area (Å²) in [4.78, 5) is 46.8. The van der Waals surface area contributed by atoms with E-state index in [1.807, 2.05) is 52.0 Å². The van der Waals surface area contributed by atoms with Crippen molar-refractivity contribution < 1.29 is 27.6 Å². The fourth-order valence-corrected chi connectivity index (χ4v) is 6.12. The van der Waals surface area contributed by atoms with Crippen molar-refractivity contribution in [3.63, 3.8) is 0 Å². The largest absolute Gasteiger partial charge is 0.416 e. The molecular formula is C30H32ClF3N4O3. The molecule has 0 spiro atoms. The number of benzene rings is 2. The monoisotopic (exact) mass is 588 g/mol. The third-order valence-electron chi connectivity index (χ3n) is 8.26. The Morgan fingerprint density at radius 2 is 1.68 bits per heavy atom. The molecule has 0 saturated carbocycles. The van der Waals surface area contributed by atoms with Gasteiger partial charge in [0.05, 0.1) is 24.1 Å². The van der Waals surface area contributed by atoms with Crippen LogP contribution in [0.5, 0.6) is 0 Å². The molecule has 2 saturated heterocycles. The first-order valence-corrected chi connectivity index (χ1v) is 13.9. The molecule has 2 aliphatic heterocycles. The normalized spacial score (nSPS) is 21.4. The highest BCUT2D eigenvalue weighted by Gasteiger charge is 2.54. The first-order valence-electron chi connectivity index (χ1n) is 13.5. The Bertz CT molecular complexity index is 1480. The number of para-hydroxylation sites is 1. The van der Waals surface area contributed by atoms with E-state index in [1.54, 1.807) is 15.9 Å². The zero-order valence-electron chi connectivity index (χ0n) is 23.2. The number of carbonyl (C=O) groups excluding carboxylic acids is 3. The summed E-state index contributed by atoms with van der Waals surface area (Å²) in [5.41, 5.74) is -0.171. The average molecular weight is 589 g/mol. The molecule has 0 aliphatic carbocycles. The Hall–Kier alpha value is -3.53. The molecule has 1 aromatic heterocycles. The van der Waals surface area contributed by atoms with Crippen LogP contribution < -0.4 is 5.32 Å². The van der Waals surface area contributed by atoms with Crippen molar-refractivity contribution in [3.05, 3.63) is 70.4 Å². The number of fused-ring (bicyclic) bond motifs is 3. The van der Waals surface area contributed by atoms with Crippen LogP contribution in [0.2, 0.25) is 5.02 Å². The number of amides is 3. The van der Waals surface area contributed by atoms with Crippen LogP contribution in [0.1, 0.15) is 49.3 Å². The maximum Gasteiger partial charge on any atom is 0.416 e. The molecule has 2 aliphatic rings. The SMILES string of the molecule is C[C@@H]1[C@H]2CN(C(=O)[C@@H](NC(=O)c3cc4ccccc4[nH]3)C(C)(C)C)[C@@H]1CN2C(=O)Cc1cc(C(F)(F)F)ccc1Cl. The maximum absolute atomic E-state index is 13.9. The number of carbonyl (C=O) groups is 3. The fraction of sp³-hybridized carbons (Fsp3) is 0.433. The van der Waals surface area contributed by atoms with Gasteiger partial charge in [0.25, 0.3) is 5.91 Å². The highest BCUT2D eigenvalue weighted by molar-refractivity contribution is 6.31. The van der Waals surface area contributed by atoms with Crippen molar-refractivity contribution >= 4 is 40.2 Å². The number of nitrogens with zero attached hydrogens (tertiary/aromatic N) is 2. The van der Waals surface area contributed by atoms with Crippen LogP contribution in [0.15, 0.2) is 48.5 Å². The van der Waals surface area contributed by atoms with Crippen molar-refractivity contribution in [1.29, 1.82) is 0 Å². The molecule has 3 aromatic rings. The van der Waals surface area contributed by atoms with E-state index >= 15 is 0 Å². The lowest BCUT2D eigenvalue weighted by Crippen LogP contribution is -2.59. The van der Waals surface area contributed by atoms with Crippen molar-refractivity contribution in [2.24, 2.45) is 11.3 Å². The summed E-state index contributed by atoms with van der Waals surface area (Å²) in [6.07, 6.45) is -4.81. The summed E-state index contributed by atoms with van der Waals surface area (Å²) in [5, 5.41) is 3.91. The van der Waals surface area contributed by atoms with Crippen LogP contribution >= 0.6 is 11.6 Å². The maximum atomic E-state index is 13.9. The first kappa shape index (κ1) is 29.0. The highest BCUT2D eigenvalue weighted by Crippen LogP contribution is 2.39. The van der Waals surface area contributed by atoms with Crippen LogP contribution in [-0.4, -0.2) is 63.7 Å². The third kappa shape index (κ3) is 5.54. The number of H-pyrrole nitrogens is 1. The predicted octanol–water partition coefficient (Wildman–Crippen LogP) is 5.29. The Morgan fingerprint density at radius 3 is 2.29 bits per heavy atom. The second kappa shape index (κ2) is 10.4. The lowest BCUT2D eigenvalue weighted by Gasteiger charge is -2.39. The minimum atomic E-state index is -4.54. The van der Waals surface area contributed by atoms with Crippen LogP contribution in [0.4, 0.5) is 13.2 Å². The van der Waals surface area contributed by atoms with Crippen molar-refractivity contribution in [1.82, 2.24) is 20.1 Å². The molecule has 0 radical (unpaired) electrons. The summed E-state index contributed by atoms with van der Waals surface area (Å²) < 4.78 is 39.6. The van der Waals surface area contributed by atoms with E-state index in [0.717, 1.165) is 29.1 Å². The lowest BCUT2D eigenvalue weighted by atomic mass is 9.85. The standard InChI is InChI=1S/C30H32ClF3N4O3/c1-16-23-15-38(24(16)14-37(23)25(39)13-18-11-19(30(32,33)34)9-10-20(18)31)28(41)26(29(2,3)4)36-27(40)22-12-17-7-5-6-8-21(17)35-22/h5-12,16,23-24,26,35H,13-15H2,1-4H3,(H,36,40)/t16-,23-,24-,26-/m1/s1. The zero-order chi connectivity index (χ0) is 29.9. The van der Waals surface area contributed by atoms with Gasteiger partial charge in [-0.05, 0) is 41.3 Å². The number of hydrogen-bond donors (Lipinski definition) is 2. The second-order valence-electron chi connectivity index (χ2n) is 12.1. The van der Waals surface area contributed by atoms with E-state index in [2.05, 4.69) is 10.3 Å². The van der Waals surface area contributed by atoms with Crippen LogP contribution in [0.25, 0.3) is 10.9 Å². The molecule has 41 heavy (non-hydrogen) atoms. The van der Waals surface area contributed by atoms with E-state index in [0.29, 0.717) is 5.69 Å². The molecular weight excluding hydrogens is 557 g/mol. The second-order valence-corrected chi connectivity index (χ2v) is 12.5. The molecule has 2 N–H and O–H groups in total. The molecule has 3 amide bonds. The van der Waals surface area contributed by atoms with Gasteiger partial charge in [-0.1, -0.05) is 57.5 Å². The number of aromatic amines is 1. The van der Waals surface area contributed by atoms with E-state index in [1.165, 1.54) is 0 Å². The fourth-order valence-electron chi connectivity index (χ4n) is 5.94. The lowest BCUT2D eigenvalue weighted by molar-refractivity contribution is -0.142. The first-order chi connectivity index (χ1) is 19.1. The van der Waals surface area contributed by atoms with Crippen LogP contribution in [0, 0.1) is 11.3 Å². The van der Waals surface area contributed by atoms with Gasteiger partial charge >= 0.3 is 6.18 Å². The number of piperazine rings is 1. The number of alkyl halides is 3. The Morgan fingerprint density at radius 1 is 1.02 bits per heavy atom. The molecule has 2 aromatic carbocycles. The molecule has 5 rings (SSSR count). The van der Waals surface area contributed by atoms with Gasteiger partial charge in [0.15, 0.2) is 0 Å². The minimum Gasteiger partial charge on any atom is -0.351 e. The van der Waals surface area contributed by atoms with Gasteiger partial charge in [-0.25, -0.2) is 0 Å². The quantitative estimate of drug-likeness (QED) is 0.425. The molecule has 2 bridgehead atoms. The van der Waals surface area contributed by atoms with Gasteiger partial charge in [-0.2, -0.15) is 13.2 Å². The summed E-state index contributed by atoms with van der Waals surface area (Å²) >= 11 is 6.13. The van der Waals surface area contributed by atoms with Gasteiger partial charge in [-0.15, -0.1) is 0 Å². The Balaban J connectivity index is 1.29. The van der Waals surface area contributed by atoms with Crippen LogP contribution in [0.3, 0.4) is 0 Å². The number of likely N-dealkylation sites (tertiary alicyclic amines) is 2. The topological polar surface area (TPSA) is 85.5 Å². The van der Waals surface area contributed by atoms with Gasteiger partial charge in [0, 0.05) is 34.9 Å². The number of nitrogens with one attached hydrogen (secondary N) is 2. The molecule has 0 unspecified atom stereocenters. The van der Waals surface area contributed by atoms with E-state index in [9.17, 15) is 27.6 Å². The number of halogens is 4. The summed E-state index contributed by atoms with van der Waals surface area (Å²) in [6, 6.07) is 10.8. The van der Waals surface area contributed by atoms with Gasteiger partial charge in [0.1, 0.15) is 11.7 Å². The molecule has 11 heteroatoms. The number of aromatic nitrogens is 1. The Labute approximate surface area is 241 Å². The van der Waals surface area contributed by atoms with E-state index in [4.69, 9.17) is 11.6 Å². The van der Waals surface area contributed by atoms with Crippen molar-refractivity contribution in [2.75, 3.05) is 13.1 Å². The smallest absolute Gasteiger partial charge is 0.351 e. The third-order valence-corrected chi connectivity index (χ3v) is 8.63. The summed E-state index contributed by atoms with van der Waals surface area (Å²) in [6.45, 7) is 8.15. The summed E-state index contributed by atoms with van der Waals surface area (Å²) in [7, 11) is 0. The van der Waals surface area contributed by atoms with Gasteiger partial charge < -0.3 is 20.1 Å². The van der Waals surface area contributed by atoms with Gasteiger partial charge in [0.2, 0.25) is 11.8 Å². The minimum absolute atomic E-state index is 0.0371. The van der Waals surface area contributed by atoms with Crippen molar-refractivity contribution in [2.45, 2.75) is 58.4 Å². The number of rotatable bonds is 5. The van der Waals surface area contributed by atoms with Crippen molar-refractivity contribution in [3.8, 4) is 0 Å². The average Bonchev–Trinajstić information content (AvgIpc) is 3.57. The summed E-state index contributed by atoms with van der Waals surface area (Å²) in [5.74, 6) is -0.988. The van der Waals surface area contributed by atoms with Gasteiger partial charge in [-0.3, -0.25) is 14.4 Å². The molecule has 7 nitrogen and oxygen atoms in total. The zero-order valence-corrected chi connectivity index (χ0v) is 23.9. The predicted molar refractivity (Wildman–Crippen MR) is 149 cm³/mol. The molecule has 2 fully saturated rings. The van der Waals surface area contributed by atoms with Crippen LogP contribution in [-0.2, 0) is 22.2 Å². The van der Waals surface area contributed by atoms with E-state index < -0.39 is 23.2 Å². The Kier molecular flexibility index (Phi) is 7.34.